The zero-order valence-corrected chi connectivity index (χ0v) is 28.1. The number of thiophene rings is 1. The van der Waals surface area contributed by atoms with Crippen molar-refractivity contribution in [3.63, 3.8) is 0 Å². The molecule has 246 valence electrons. The third kappa shape index (κ3) is 8.04. The second-order valence-corrected chi connectivity index (χ2v) is 14.1. The van der Waals surface area contributed by atoms with Crippen molar-refractivity contribution >= 4 is 39.9 Å². The molecule has 2 aliphatic heterocycles. The van der Waals surface area contributed by atoms with Crippen LogP contribution in [0.3, 0.4) is 0 Å². The summed E-state index contributed by atoms with van der Waals surface area (Å²) >= 11 is 1.37. The third-order valence-corrected chi connectivity index (χ3v) is 9.66. The number of ether oxygens (including phenoxy) is 2. The van der Waals surface area contributed by atoms with Crippen LogP contribution >= 0.6 is 11.3 Å². The fourth-order valence-electron chi connectivity index (χ4n) is 5.38. The Labute approximate surface area is 274 Å². The normalized spacial score (nSPS) is 16.9. The number of anilines is 2. The molecule has 3 aromatic rings. The van der Waals surface area contributed by atoms with Gasteiger partial charge in [0.2, 0.25) is 11.8 Å². The molecule has 46 heavy (non-hydrogen) atoms. The molecule has 0 unspecified atom stereocenters. The van der Waals surface area contributed by atoms with E-state index in [1.165, 1.54) is 11.3 Å². The lowest BCUT2D eigenvalue weighted by molar-refractivity contribution is -0.133. The van der Waals surface area contributed by atoms with Crippen LogP contribution in [-0.2, 0) is 14.9 Å². The number of benzene rings is 1. The van der Waals surface area contributed by atoms with Gasteiger partial charge in [-0.2, -0.15) is 0 Å². The first-order valence-corrected chi connectivity index (χ1v) is 16.6. The Morgan fingerprint density at radius 1 is 1.07 bits per heavy atom. The number of morpholine rings is 1. The Bertz CT molecular complexity index is 1540. The topological polar surface area (TPSA) is 125 Å². The molecule has 5 rings (SSSR count). The van der Waals surface area contributed by atoms with E-state index in [4.69, 9.17) is 9.47 Å². The first-order valence-electron chi connectivity index (χ1n) is 15.7. The Morgan fingerprint density at radius 3 is 2.57 bits per heavy atom. The second-order valence-electron chi connectivity index (χ2n) is 13.1. The van der Waals surface area contributed by atoms with E-state index in [9.17, 15) is 14.4 Å². The molecule has 0 saturated carbocycles. The van der Waals surface area contributed by atoms with Crippen molar-refractivity contribution < 1.29 is 23.9 Å². The van der Waals surface area contributed by atoms with Crippen LogP contribution in [0.15, 0.2) is 48.7 Å². The van der Waals surface area contributed by atoms with Crippen LogP contribution in [0, 0.1) is 0 Å². The SMILES string of the molecule is CC(C)(C)c1cc(C(=O)N2CCNC(=O)C2(C)C)c(NC(=O)Nc2cccc(-c3ccc(OCCCN4CCOCC4)nc3)c2)s1. The number of carbonyl (C=O) groups excluding carboxylic acids is 3. The lowest BCUT2D eigenvalue weighted by atomic mass is 9.93. The molecule has 0 bridgehead atoms. The highest BCUT2D eigenvalue weighted by Crippen LogP contribution is 2.38. The largest absolute Gasteiger partial charge is 0.478 e. The van der Waals surface area contributed by atoms with E-state index in [1.807, 2.05) is 36.4 Å². The summed E-state index contributed by atoms with van der Waals surface area (Å²) in [6, 6.07) is 12.6. The number of amides is 4. The molecule has 1 aromatic carbocycles. The summed E-state index contributed by atoms with van der Waals surface area (Å²) in [4.78, 5) is 49.0. The van der Waals surface area contributed by atoms with Gasteiger partial charge in [-0.3, -0.25) is 19.8 Å². The maximum atomic E-state index is 13.8. The van der Waals surface area contributed by atoms with Gasteiger partial charge in [-0.25, -0.2) is 9.78 Å². The van der Waals surface area contributed by atoms with Gasteiger partial charge < -0.3 is 25.0 Å². The molecule has 4 heterocycles. The van der Waals surface area contributed by atoms with Gasteiger partial charge in [0.25, 0.3) is 5.91 Å². The number of hydrogen-bond donors (Lipinski definition) is 3. The molecule has 3 N–H and O–H groups in total. The van der Waals surface area contributed by atoms with Crippen LogP contribution < -0.4 is 20.7 Å². The van der Waals surface area contributed by atoms with E-state index in [-0.39, 0.29) is 17.2 Å². The van der Waals surface area contributed by atoms with E-state index in [1.54, 1.807) is 31.0 Å². The van der Waals surface area contributed by atoms with Crippen molar-refractivity contribution in [3.8, 4) is 17.0 Å². The number of hydrogen-bond acceptors (Lipinski definition) is 8. The highest BCUT2D eigenvalue weighted by molar-refractivity contribution is 7.16. The summed E-state index contributed by atoms with van der Waals surface area (Å²) in [5, 5.41) is 9.07. The van der Waals surface area contributed by atoms with Gasteiger partial charge in [0, 0.05) is 61.1 Å². The Morgan fingerprint density at radius 2 is 1.85 bits per heavy atom. The number of urea groups is 1. The van der Waals surface area contributed by atoms with Crippen LogP contribution in [0.5, 0.6) is 5.88 Å². The summed E-state index contributed by atoms with van der Waals surface area (Å²) in [5.74, 6) is 0.0761. The van der Waals surface area contributed by atoms with E-state index in [0.717, 1.165) is 55.3 Å². The Kier molecular flexibility index (Phi) is 10.3. The molecule has 2 fully saturated rings. The molecule has 0 aliphatic carbocycles. The van der Waals surface area contributed by atoms with E-state index < -0.39 is 11.6 Å². The van der Waals surface area contributed by atoms with Gasteiger partial charge in [0.1, 0.15) is 10.5 Å². The van der Waals surface area contributed by atoms with Crippen molar-refractivity contribution in [1.29, 1.82) is 0 Å². The van der Waals surface area contributed by atoms with Crippen molar-refractivity contribution in [2.45, 2.75) is 52.0 Å². The average Bonchev–Trinajstić information content (AvgIpc) is 3.45. The number of nitrogens with one attached hydrogen (secondary N) is 3. The zero-order chi connectivity index (χ0) is 32.9. The predicted octanol–water partition coefficient (Wildman–Crippen LogP) is 5.20. The molecule has 0 atom stereocenters. The zero-order valence-electron chi connectivity index (χ0n) is 27.3. The van der Waals surface area contributed by atoms with Gasteiger partial charge in [-0.05, 0) is 55.5 Å². The summed E-state index contributed by atoms with van der Waals surface area (Å²) in [6.07, 6.45) is 2.68. The number of aromatic nitrogens is 1. The van der Waals surface area contributed by atoms with Gasteiger partial charge in [0.15, 0.2) is 0 Å². The first-order chi connectivity index (χ1) is 21.9. The Balaban J connectivity index is 1.22. The van der Waals surface area contributed by atoms with Gasteiger partial charge in [-0.15, -0.1) is 11.3 Å². The number of rotatable bonds is 9. The summed E-state index contributed by atoms with van der Waals surface area (Å²) in [6.45, 7) is 15.5. The summed E-state index contributed by atoms with van der Waals surface area (Å²) in [7, 11) is 0. The first kappa shape index (κ1) is 33.4. The van der Waals surface area contributed by atoms with E-state index >= 15 is 0 Å². The van der Waals surface area contributed by atoms with Gasteiger partial charge >= 0.3 is 6.03 Å². The van der Waals surface area contributed by atoms with Crippen LogP contribution in [0.4, 0.5) is 15.5 Å². The molecular weight excluding hydrogens is 604 g/mol. The number of pyridine rings is 1. The van der Waals surface area contributed by atoms with Crippen molar-refractivity contribution in [2.75, 3.05) is 63.2 Å². The summed E-state index contributed by atoms with van der Waals surface area (Å²) < 4.78 is 11.2. The average molecular weight is 649 g/mol. The standard InChI is InChI=1S/C34H44N6O5S/c1-33(2,3)27-21-26(30(41)40-14-12-35-31(42)34(40,4)5)29(46-27)38-32(43)37-25-9-6-8-23(20-25)24-10-11-28(36-22-24)45-17-7-13-39-15-18-44-19-16-39/h6,8-11,20-22H,7,12-19H2,1-5H3,(H,35,42)(H2,37,38,43). The van der Waals surface area contributed by atoms with Gasteiger partial charge in [0.05, 0.1) is 25.4 Å². The van der Waals surface area contributed by atoms with Crippen LogP contribution in [0.1, 0.15) is 56.3 Å². The molecular formula is C34H44N6O5S. The lowest BCUT2D eigenvalue weighted by Crippen LogP contribution is -2.63. The van der Waals surface area contributed by atoms with E-state index in [2.05, 4.69) is 46.6 Å². The second kappa shape index (κ2) is 14.2. The fourth-order valence-corrected chi connectivity index (χ4v) is 6.48. The molecule has 2 saturated heterocycles. The molecule has 0 radical (unpaired) electrons. The van der Waals surface area contributed by atoms with Crippen LogP contribution in [0.25, 0.3) is 11.1 Å². The van der Waals surface area contributed by atoms with Crippen LogP contribution in [-0.4, -0.2) is 90.7 Å². The monoisotopic (exact) mass is 648 g/mol. The third-order valence-electron chi connectivity index (χ3n) is 8.19. The molecule has 11 nitrogen and oxygen atoms in total. The lowest BCUT2D eigenvalue weighted by Gasteiger charge is -2.41. The van der Waals surface area contributed by atoms with Gasteiger partial charge in [-0.1, -0.05) is 32.9 Å². The smallest absolute Gasteiger partial charge is 0.324 e. The molecule has 2 aromatic heterocycles. The minimum Gasteiger partial charge on any atom is -0.478 e. The molecule has 4 amide bonds. The minimum absolute atomic E-state index is 0.206. The van der Waals surface area contributed by atoms with Crippen molar-refractivity contribution in [1.82, 2.24) is 20.1 Å². The molecule has 0 spiro atoms. The highest BCUT2D eigenvalue weighted by Gasteiger charge is 2.42. The maximum absolute atomic E-state index is 13.8. The van der Waals surface area contributed by atoms with Crippen LogP contribution in [0.2, 0.25) is 0 Å². The maximum Gasteiger partial charge on any atom is 0.324 e. The van der Waals surface area contributed by atoms with Crippen molar-refractivity contribution in [3.05, 3.63) is 59.1 Å². The summed E-state index contributed by atoms with van der Waals surface area (Å²) in [5.41, 5.74) is 1.48. The molecule has 12 heteroatoms. The quantitative estimate of drug-likeness (QED) is 0.272. The predicted molar refractivity (Wildman–Crippen MR) is 181 cm³/mol. The fraction of sp³-hybridized carbons (Fsp3) is 0.471. The number of piperazine rings is 1. The minimum atomic E-state index is -1.01. The molecule has 2 aliphatic rings. The van der Waals surface area contributed by atoms with Crippen molar-refractivity contribution in [2.24, 2.45) is 0 Å². The number of carbonyl (C=O) groups is 3. The highest BCUT2D eigenvalue weighted by atomic mass is 32.1. The Hall–Kier alpha value is -4.00. The van der Waals surface area contributed by atoms with E-state index in [0.29, 0.717) is 41.8 Å². The number of nitrogens with zero attached hydrogens (tertiary/aromatic N) is 3.